The van der Waals surface area contributed by atoms with Gasteiger partial charge in [-0.3, -0.25) is 9.78 Å². The normalized spacial score (nSPS) is 17.9. The second-order valence-corrected chi connectivity index (χ2v) is 6.96. The van der Waals surface area contributed by atoms with Gasteiger partial charge >= 0.3 is 0 Å². The molecule has 1 unspecified atom stereocenters. The van der Waals surface area contributed by atoms with Crippen molar-refractivity contribution in [1.29, 1.82) is 0 Å². The van der Waals surface area contributed by atoms with Gasteiger partial charge in [-0.25, -0.2) is 0 Å². The van der Waals surface area contributed by atoms with Crippen LogP contribution >= 0.6 is 11.3 Å². The summed E-state index contributed by atoms with van der Waals surface area (Å²) in [5.41, 5.74) is 0.887. The molecule has 0 radical (unpaired) electrons. The second kappa shape index (κ2) is 7.68. The molecule has 2 aromatic heterocycles. The van der Waals surface area contributed by atoms with Crippen LogP contribution in [0.15, 0.2) is 36.5 Å². The molecule has 1 atom stereocenters. The second-order valence-electron chi connectivity index (χ2n) is 5.59. The third-order valence-electron chi connectivity index (χ3n) is 3.74. The van der Waals surface area contributed by atoms with Crippen LogP contribution in [0.5, 0.6) is 0 Å². The van der Waals surface area contributed by atoms with E-state index in [2.05, 4.69) is 29.4 Å². The summed E-state index contributed by atoms with van der Waals surface area (Å²) in [6.07, 6.45) is 1.35. The topological polar surface area (TPSA) is 54.5 Å². The summed E-state index contributed by atoms with van der Waals surface area (Å²) in [6, 6.07) is 9.94. The fourth-order valence-corrected chi connectivity index (χ4v) is 3.49. The van der Waals surface area contributed by atoms with Gasteiger partial charge in [-0.05, 0) is 31.2 Å². The molecule has 5 nitrogen and oxygen atoms in total. The Labute approximate surface area is 140 Å². The lowest BCUT2D eigenvalue weighted by atomic mass is 10.2. The Morgan fingerprint density at radius 1 is 1.39 bits per heavy atom. The molecule has 1 fully saturated rings. The Hall–Kier alpha value is -1.76. The molecule has 23 heavy (non-hydrogen) atoms. The van der Waals surface area contributed by atoms with E-state index < -0.39 is 6.10 Å². The molecule has 1 amide bonds. The maximum Gasteiger partial charge on any atom is 0.253 e. The highest BCUT2D eigenvalue weighted by Crippen LogP contribution is 2.19. The number of carbonyl (C=O) groups excluding carboxylic acids is 1. The molecular formula is C17H21N3O2S. The monoisotopic (exact) mass is 331 g/mol. The summed E-state index contributed by atoms with van der Waals surface area (Å²) in [5, 5.41) is 3.22. The molecule has 3 rings (SSSR count). The van der Waals surface area contributed by atoms with E-state index in [1.807, 2.05) is 23.1 Å². The van der Waals surface area contributed by atoms with E-state index in [4.69, 9.17) is 4.74 Å². The molecule has 0 aliphatic carbocycles. The number of pyridine rings is 1. The van der Waals surface area contributed by atoms with Crippen molar-refractivity contribution < 1.29 is 9.53 Å². The van der Waals surface area contributed by atoms with E-state index in [0.29, 0.717) is 26.2 Å². The lowest BCUT2D eigenvalue weighted by Gasteiger charge is -2.29. The van der Waals surface area contributed by atoms with Crippen LogP contribution in [0.3, 0.4) is 0 Å². The number of carbonyl (C=O) groups is 1. The minimum Gasteiger partial charge on any atom is -0.366 e. The summed E-state index contributed by atoms with van der Waals surface area (Å²) in [4.78, 5) is 21.5. The zero-order valence-corrected chi connectivity index (χ0v) is 14.0. The number of thiophene rings is 1. The van der Waals surface area contributed by atoms with Crippen molar-refractivity contribution in [2.75, 3.05) is 19.7 Å². The number of rotatable bonds is 5. The van der Waals surface area contributed by atoms with E-state index in [-0.39, 0.29) is 5.91 Å². The molecule has 0 aromatic carbocycles. The molecule has 6 heteroatoms. The summed E-state index contributed by atoms with van der Waals surface area (Å²) in [6.45, 7) is 5.11. The van der Waals surface area contributed by atoms with Crippen molar-refractivity contribution in [3.05, 3.63) is 52.0 Å². The number of aromatic nitrogens is 1. The number of aryl methyl sites for hydroxylation is 1. The first-order valence-electron chi connectivity index (χ1n) is 7.79. The van der Waals surface area contributed by atoms with Gasteiger partial charge in [-0.1, -0.05) is 6.07 Å². The predicted octanol–water partition coefficient (Wildman–Crippen LogP) is 1.97. The van der Waals surface area contributed by atoms with Crippen molar-refractivity contribution in [2.45, 2.75) is 26.1 Å². The van der Waals surface area contributed by atoms with Crippen LogP contribution in [-0.2, 0) is 22.6 Å². The highest BCUT2D eigenvalue weighted by Gasteiger charge is 2.27. The Balaban J connectivity index is 1.75. The van der Waals surface area contributed by atoms with Gasteiger partial charge in [0.1, 0.15) is 6.10 Å². The fourth-order valence-electron chi connectivity index (χ4n) is 2.58. The van der Waals surface area contributed by atoms with Gasteiger partial charge in [0, 0.05) is 29.0 Å². The van der Waals surface area contributed by atoms with E-state index in [1.165, 1.54) is 9.75 Å². The third kappa shape index (κ3) is 4.37. The molecule has 3 heterocycles. The average molecular weight is 331 g/mol. The van der Waals surface area contributed by atoms with E-state index in [0.717, 1.165) is 12.2 Å². The molecule has 122 valence electrons. The number of amides is 1. The van der Waals surface area contributed by atoms with Crippen molar-refractivity contribution in [3.63, 3.8) is 0 Å². The summed E-state index contributed by atoms with van der Waals surface area (Å²) >= 11 is 1.72. The zero-order valence-electron chi connectivity index (χ0n) is 13.2. The highest BCUT2D eigenvalue weighted by atomic mass is 32.1. The van der Waals surface area contributed by atoms with Crippen molar-refractivity contribution in [3.8, 4) is 0 Å². The molecule has 1 saturated heterocycles. The van der Waals surface area contributed by atoms with Crippen LogP contribution in [0.1, 0.15) is 15.4 Å². The minimum atomic E-state index is -0.409. The third-order valence-corrected chi connectivity index (χ3v) is 4.72. The summed E-state index contributed by atoms with van der Waals surface area (Å²) in [7, 11) is 0. The first-order chi connectivity index (χ1) is 11.2. The number of nitrogens with one attached hydrogen (secondary N) is 1. The lowest BCUT2D eigenvalue weighted by Crippen LogP contribution is -2.49. The van der Waals surface area contributed by atoms with Crippen LogP contribution in [0.25, 0.3) is 0 Å². The largest absolute Gasteiger partial charge is 0.366 e. The maximum absolute atomic E-state index is 12.9. The van der Waals surface area contributed by atoms with Crippen molar-refractivity contribution in [1.82, 2.24) is 15.2 Å². The zero-order chi connectivity index (χ0) is 16.1. The van der Waals surface area contributed by atoms with Gasteiger partial charge in [0.25, 0.3) is 5.91 Å². The van der Waals surface area contributed by atoms with Crippen LogP contribution in [-0.4, -0.2) is 41.6 Å². The SMILES string of the molecule is Cc1ccc(CN(Cc2ccccn2)C(=O)C2CNCCO2)s1. The Morgan fingerprint density at radius 3 is 2.96 bits per heavy atom. The van der Waals surface area contributed by atoms with E-state index in [1.54, 1.807) is 17.5 Å². The molecular weight excluding hydrogens is 310 g/mol. The number of hydrogen-bond donors (Lipinski definition) is 1. The highest BCUT2D eigenvalue weighted by molar-refractivity contribution is 7.11. The Morgan fingerprint density at radius 2 is 2.30 bits per heavy atom. The van der Waals surface area contributed by atoms with Crippen LogP contribution in [0.4, 0.5) is 0 Å². The minimum absolute atomic E-state index is 0.0221. The average Bonchev–Trinajstić information content (AvgIpc) is 3.00. The molecule has 1 N–H and O–H groups in total. The van der Waals surface area contributed by atoms with E-state index in [9.17, 15) is 4.79 Å². The van der Waals surface area contributed by atoms with Gasteiger partial charge in [0.2, 0.25) is 0 Å². The number of ether oxygens (including phenoxy) is 1. The van der Waals surface area contributed by atoms with E-state index >= 15 is 0 Å². The van der Waals surface area contributed by atoms with Crippen LogP contribution < -0.4 is 5.32 Å². The Bertz CT molecular complexity index is 638. The van der Waals surface area contributed by atoms with Gasteiger partial charge < -0.3 is 15.0 Å². The maximum atomic E-state index is 12.9. The Kier molecular flexibility index (Phi) is 5.38. The van der Waals surface area contributed by atoms with Gasteiger partial charge in [0.05, 0.1) is 25.4 Å². The molecule has 0 spiro atoms. The van der Waals surface area contributed by atoms with Crippen molar-refractivity contribution >= 4 is 17.2 Å². The lowest BCUT2D eigenvalue weighted by molar-refractivity contribution is -0.146. The van der Waals surface area contributed by atoms with Crippen LogP contribution in [0, 0.1) is 6.92 Å². The predicted molar refractivity (Wildman–Crippen MR) is 90.2 cm³/mol. The number of hydrogen-bond acceptors (Lipinski definition) is 5. The first-order valence-corrected chi connectivity index (χ1v) is 8.60. The molecule has 1 aliphatic rings. The molecule has 0 saturated carbocycles. The smallest absolute Gasteiger partial charge is 0.253 e. The summed E-state index contributed by atoms with van der Waals surface area (Å²) < 4.78 is 5.63. The van der Waals surface area contributed by atoms with Crippen LogP contribution in [0.2, 0.25) is 0 Å². The fraction of sp³-hybridized carbons (Fsp3) is 0.412. The standard InChI is InChI=1S/C17H21N3O2S/c1-13-5-6-15(23-13)12-20(11-14-4-2-3-7-19-14)17(21)16-10-18-8-9-22-16/h2-7,16,18H,8-12H2,1H3. The first kappa shape index (κ1) is 16.1. The molecule has 1 aliphatic heterocycles. The number of nitrogens with zero attached hydrogens (tertiary/aromatic N) is 2. The van der Waals surface area contributed by atoms with Gasteiger partial charge in [0.15, 0.2) is 0 Å². The number of morpholine rings is 1. The van der Waals surface area contributed by atoms with Crippen molar-refractivity contribution in [2.24, 2.45) is 0 Å². The molecule has 2 aromatic rings. The van der Waals surface area contributed by atoms with Gasteiger partial charge in [-0.2, -0.15) is 0 Å². The quantitative estimate of drug-likeness (QED) is 0.910. The molecule has 0 bridgehead atoms. The van der Waals surface area contributed by atoms with Gasteiger partial charge in [-0.15, -0.1) is 11.3 Å². The summed E-state index contributed by atoms with van der Waals surface area (Å²) in [5.74, 6) is 0.0221.